The molecule has 1 N–H and O–H groups in total. The van der Waals surface area contributed by atoms with Crippen LogP contribution in [0.15, 0.2) is 42.5 Å². The van der Waals surface area contributed by atoms with E-state index in [0.29, 0.717) is 5.13 Å². The minimum atomic E-state index is -0.660. The third-order valence-corrected chi connectivity index (χ3v) is 4.73. The average Bonchev–Trinajstić information content (AvgIpc) is 2.88. The Morgan fingerprint density at radius 1 is 1.17 bits per heavy atom. The zero-order valence-corrected chi connectivity index (χ0v) is 14.6. The zero-order chi connectivity index (χ0) is 17.3. The molecule has 6 heteroatoms. The molecule has 0 unspecified atom stereocenters. The van der Waals surface area contributed by atoms with Gasteiger partial charge in [-0.1, -0.05) is 47.5 Å². The molecule has 0 saturated heterocycles. The molecule has 0 bridgehead atoms. The number of rotatable bonds is 3. The first-order chi connectivity index (χ1) is 11.5. The van der Waals surface area contributed by atoms with E-state index in [4.69, 9.17) is 11.6 Å². The average molecular weight is 361 g/mol. The van der Waals surface area contributed by atoms with Gasteiger partial charge in [-0.05, 0) is 26.0 Å². The molecular formula is C18H14ClFN2OS. The van der Waals surface area contributed by atoms with E-state index in [9.17, 15) is 9.18 Å². The van der Waals surface area contributed by atoms with Crippen molar-refractivity contribution >= 4 is 34.0 Å². The van der Waals surface area contributed by atoms with E-state index < -0.39 is 11.7 Å². The standard InChI is InChI=1S/C18H14ClFN2OS/c1-10-6-8-12(9-7-10)16-11(2)24-18(21-16)22-17(23)15-13(19)4-3-5-14(15)20/h3-9H,1-2H3,(H,21,22,23). The number of nitrogens with zero attached hydrogens (tertiary/aromatic N) is 1. The van der Waals surface area contributed by atoms with Crippen LogP contribution in [-0.4, -0.2) is 10.9 Å². The topological polar surface area (TPSA) is 42.0 Å². The Balaban J connectivity index is 1.88. The number of carbonyl (C=O) groups is 1. The Kier molecular flexibility index (Phi) is 4.64. The third-order valence-electron chi connectivity index (χ3n) is 3.53. The van der Waals surface area contributed by atoms with Crippen molar-refractivity contribution in [1.29, 1.82) is 0 Å². The van der Waals surface area contributed by atoms with Gasteiger partial charge in [-0.25, -0.2) is 9.37 Å². The monoisotopic (exact) mass is 360 g/mol. The Morgan fingerprint density at radius 2 is 1.88 bits per heavy atom. The number of thiazole rings is 1. The van der Waals surface area contributed by atoms with Gasteiger partial charge in [0, 0.05) is 10.4 Å². The molecule has 3 aromatic rings. The molecule has 1 aromatic heterocycles. The highest BCUT2D eigenvalue weighted by molar-refractivity contribution is 7.16. The number of benzene rings is 2. The van der Waals surface area contributed by atoms with E-state index in [1.165, 1.54) is 29.5 Å². The van der Waals surface area contributed by atoms with E-state index in [2.05, 4.69) is 10.3 Å². The zero-order valence-electron chi connectivity index (χ0n) is 13.1. The summed E-state index contributed by atoms with van der Waals surface area (Å²) in [6, 6.07) is 12.1. The summed E-state index contributed by atoms with van der Waals surface area (Å²) >= 11 is 7.26. The predicted molar refractivity (Wildman–Crippen MR) is 96.4 cm³/mol. The minimum Gasteiger partial charge on any atom is -0.298 e. The summed E-state index contributed by atoms with van der Waals surface area (Å²) < 4.78 is 13.8. The normalized spacial score (nSPS) is 10.7. The highest BCUT2D eigenvalue weighted by Crippen LogP contribution is 2.31. The number of halogens is 2. The number of carbonyl (C=O) groups excluding carboxylic acids is 1. The SMILES string of the molecule is Cc1ccc(-c2nc(NC(=O)c3c(F)cccc3Cl)sc2C)cc1. The number of aromatic nitrogens is 1. The molecule has 0 aliphatic rings. The summed E-state index contributed by atoms with van der Waals surface area (Å²) in [6.45, 7) is 3.94. The van der Waals surface area contributed by atoms with Gasteiger partial charge in [-0.3, -0.25) is 10.1 Å². The molecule has 122 valence electrons. The molecule has 0 fully saturated rings. The van der Waals surface area contributed by atoms with E-state index in [0.717, 1.165) is 21.7 Å². The summed E-state index contributed by atoms with van der Waals surface area (Å²) in [4.78, 5) is 17.7. The van der Waals surface area contributed by atoms with Crippen molar-refractivity contribution in [2.45, 2.75) is 13.8 Å². The van der Waals surface area contributed by atoms with Crippen LogP contribution >= 0.6 is 22.9 Å². The number of hydrogen-bond acceptors (Lipinski definition) is 3. The van der Waals surface area contributed by atoms with Crippen molar-refractivity contribution in [1.82, 2.24) is 4.98 Å². The summed E-state index contributed by atoms with van der Waals surface area (Å²) in [5.41, 5.74) is 2.76. The summed E-state index contributed by atoms with van der Waals surface area (Å²) in [5, 5.41) is 3.10. The van der Waals surface area contributed by atoms with Crippen LogP contribution in [0.4, 0.5) is 9.52 Å². The smallest absolute Gasteiger partial charge is 0.261 e. The largest absolute Gasteiger partial charge is 0.298 e. The van der Waals surface area contributed by atoms with Crippen molar-refractivity contribution in [3.63, 3.8) is 0 Å². The highest BCUT2D eigenvalue weighted by Gasteiger charge is 2.18. The minimum absolute atomic E-state index is 0.0690. The molecule has 24 heavy (non-hydrogen) atoms. The lowest BCUT2D eigenvalue weighted by molar-refractivity contribution is 0.102. The van der Waals surface area contributed by atoms with Crippen molar-refractivity contribution in [2.24, 2.45) is 0 Å². The molecule has 0 atom stereocenters. The van der Waals surface area contributed by atoms with Gasteiger partial charge in [-0.15, -0.1) is 11.3 Å². The molecule has 3 rings (SSSR count). The van der Waals surface area contributed by atoms with Gasteiger partial charge in [0.25, 0.3) is 5.91 Å². The molecule has 0 radical (unpaired) electrons. The number of nitrogens with one attached hydrogen (secondary N) is 1. The van der Waals surface area contributed by atoms with Gasteiger partial charge >= 0.3 is 0 Å². The van der Waals surface area contributed by atoms with E-state index >= 15 is 0 Å². The van der Waals surface area contributed by atoms with Crippen LogP contribution in [0.3, 0.4) is 0 Å². The van der Waals surface area contributed by atoms with Gasteiger partial charge in [0.1, 0.15) is 5.82 Å². The van der Waals surface area contributed by atoms with E-state index in [-0.39, 0.29) is 10.6 Å². The van der Waals surface area contributed by atoms with Crippen molar-refractivity contribution in [3.8, 4) is 11.3 Å². The van der Waals surface area contributed by atoms with Gasteiger partial charge in [-0.2, -0.15) is 0 Å². The van der Waals surface area contributed by atoms with E-state index in [1.54, 1.807) is 0 Å². The fourth-order valence-electron chi connectivity index (χ4n) is 2.30. The second kappa shape index (κ2) is 6.71. The first-order valence-electron chi connectivity index (χ1n) is 7.25. The number of hydrogen-bond donors (Lipinski definition) is 1. The Morgan fingerprint density at radius 3 is 2.54 bits per heavy atom. The maximum Gasteiger partial charge on any atom is 0.261 e. The number of aryl methyl sites for hydroxylation is 2. The molecule has 1 heterocycles. The van der Waals surface area contributed by atoms with Crippen LogP contribution in [0.1, 0.15) is 20.8 Å². The van der Waals surface area contributed by atoms with Crippen LogP contribution < -0.4 is 5.32 Å². The second-order valence-electron chi connectivity index (χ2n) is 5.34. The summed E-state index contributed by atoms with van der Waals surface area (Å²) in [6.07, 6.45) is 0. The van der Waals surface area contributed by atoms with E-state index in [1.807, 2.05) is 38.1 Å². The maximum atomic E-state index is 13.8. The lowest BCUT2D eigenvalue weighted by Crippen LogP contribution is -2.14. The van der Waals surface area contributed by atoms with Crippen LogP contribution in [0.25, 0.3) is 11.3 Å². The fraction of sp³-hybridized carbons (Fsp3) is 0.111. The highest BCUT2D eigenvalue weighted by atomic mass is 35.5. The molecular weight excluding hydrogens is 347 g/mol. The Labute approximate surface area is 148 Å². The van der Waals surface area contributed by atoms with Crippen LogP contribution in [-0.2, 0) is 0 Å². The third kappa shape index (κ3) is 3.32. The molecule has 0 aliphatic heterocycles. The van der Waals surface area contributed by atoms with Gasteiger partial charge in [0.05, 0.1) is 16.3 Å². The lowest BCUT2D eigenvalue weighted by Gasteiger charge is -2.05. The Bertz CT molecular complexity index is 886. The van der Waals surface area contributed by atoms with Gasteiger partial charge in [0.15, 0.2) is 5.13 Å². The van der Waals surface area contributed by atoms with Gasteiger partial charge < -0.3 is 0 Å². The molecule has 1 amide bonds. The first-order valence-corrected chi connectivity index (χ1v) is 8.45. The first kappa shape index (κ1) is 16.6. The van der Waals surface area contributed by atoms with Crippen molar-refractivity contribution in [3.05, 3.63) is 69.3 Å². The molecule has 0 saturated carbocycles. The Hall–Kier alpha value is -2.24. The van der Waals surface area contributed by atoms with Gasteiger partial charge in [0.2, 0.25) is 0 Å². The molecule has 3 nitrogen and oxygen atoms in total. The maximum absolute atomic E-state index is 13.8. The molecule has 0 aliphatic carbocycles. The molecule has 0 spiro atoms. The second-order valence-corrected chi connectivity index (χ2v) is 6.95. The number of amides is 1. The van der Waals surface area contributed by atoms with Crippen LogP contribution in [0.5, 0.6) is 0 Å². The summed E-state index contributed by atoms with van der Waals surface area (Å²) in [5.74, 6) is -1.27. The van der Waals surface area contributed by atoms with Crippen molar-refractivity contribution < 1.29 is 9.18 Å². The number of anilines is 1. The predicted octanol–water partition coefficient (Wildman–Crippen LogP) is 5.47. The van der Waals surface area contributed by atoms with Crippen LogP contribution in [0, 0.1) is 19.7 Å². The fourth-order valence-corrected chi connectivity index (χ4v) is 3.38. The quantitative estimate of drug-likeness (QED) is 0.672. The van der Waals surface area contributed by atoms with Crippen LogP contribution in [0.2, 0.25) is 5.02 Å². The molecule has 2 aromatic carbocycles. The van der Waals surface area contributed by atoms with Crippen molar-refractivity contribution in [2.75, 3.05) is 5.32 Å². The summed E-state index contributed by atoms with van der Waals surface area (Å²) in [7, 11) is 0. The lowest BCUT2D eigenvalue weighted by atomic mass is 10.1.